The summed E-state index contributed by atoms with van der Waals surface area (Å²) in [6.45, 7) is 8.07. The lowest BCUT2D eigenvalue weighted by Crippen LogP contribution is -2.48. The fourth-order valence-corrected chi connectivity index (χ4v) is 3.42. The van der Waals surface area contributed by atoms with Gasteiger partial charge in [-0.1, -0.05) is 23.4 Å². The van der Waals surface area contributed by atoms with E-state index in [9.17, 15) is 4.79 Å². The zero-order valence-corrected chi connectivity index (χ0v) is 15.8. The van der Waals surface area contributed by atoms with Gasteiger partial charge < -0.3 is 14.2 Å². The molecule has 0 spiro atoms. The standard InChI is InChI=1S/C20H27N3O3/c1-15-18(16(2)26-21-15)14-22-10-12-23(13-11-22)20(24)9-8-17-6-4-5-7-19(17)25-3/h4-7H,8-14H2,1-3H3. The van der Waals surface area contributed by atoms with Crippen molar-refractivity contribution in [2.45, 2.75) is 33.2 Å². The Hall–Kier alpha value is -2.34. The largest absolute Gasteiger partial charge is 0.496 e. The van der Waals surface area contributed by atoms with Crippen LogP contribution in [-0.2, 0) is 17.8 Å². The first-order valence-corrected chi connectivity index (χ1v) is 9.12. The number of carbonyl (C=O) groups is 1. The number of piperazine rings is 1. The Morgan fingerprint density at radius 1 is 1.19 bits per heavy atom. The molecule has 2 aromatic rings. The first-order chi connectivity index (χ1) is 12.6. The third-order valence-corrected chi connectivity index (χ3v) is 5.09. The lowest BCUT2D eigenvalue weighted by atomic mass is 10.1. The summed E-state index contributed by atoms with van der Waals surface area (Å²) in [7, 11) is 1.67. The molecule has 6 heteroatoms. The Bertz CT molecular complexity index is 729. The minimum Gasteiger partial charge on any atom is -0.496 e. The molecule has 0 radical (unpaired) electrons. The molecular weight excluding hydrogens is 330 g/mol. The van der Waals surface area contributed by atoms with Gasteiger partial charge >= 0.3 is 0 Å². The molecule has 140 valence electrons. The second-order valence-corrected chi connectivity index (χ2v) is 6.77. The number of hydrogen-bond acceptors (Lipinski definition) is 5. The molecule has 1 fully saturated rings. The van der Waals surface area contributed by atoms with Gasteiger partial charge in [0.25, 0.3) is 0 Å². The molecule has 1 saturated heterocycles. The predicted molar refractivity (Wildman–Crippen MR) is 99.1 cm³/mol. The molecule has 0 aliphatic carbocycles. The molecular formula is C20H27N3O3. The number of carbonyl (C=O) groups excluding carboxylic acids is 1. The van der Waals surface area contributed by atoms with Crippen molar-refractivity contribution >= 4 is 5.91 Å². The Morgan fingerprint density at radius 3 is 2.58 bits per heavy atom. The van der Waals surface area contributed by atoms with Gasteiger partial charge in [0.2, 0.25) is 5.91 Å². The summed E-state index contributed by atoms with van der Waals surface area (Å²) in [6, 6.07) is 7.89. The smallest absolute Gasteiger partial charge is 0.222 e. The number of benzene rings is 1. The van der Waals surface area contributed by atoms with Crippen molar-refractivity contribution in [2.24, 2.45) is 0 Å². The SMILES string of the molecule is COc1ccccc1CCC(=O)N1CCN(Cc2c(C)noc2C)CC1. The highest BCUT2D eigenvalue weighted by molar-refractivity contribution is 5.76. The van der Waals surface area contributed by atoms with Gasteiger partial charge in [-0.15, -0.1) is 0 Å². The molecule has 0 atom stereocenters. The van der Waals surface area contributed by atoms with Crippen LogP contribution >= 0.6 is 0 Å². The second kappa shape index (κ2) is 8.36. The number of rotatable bonds is 6. The van der Waals surface area contributed by atoms with E-state index in [1.807, 2.05) is 43.0 Å². The number of methoxy groups -OCH3 is 1. The lowest BCUT2D eigenvalue weighted by molar-refractivity contribution is -0.133. The van der Waals surface area contributed by atoms with Crippen molar-refractivity contribution in [3.8, 4) is 5.75 Å². The molecule has 1 aliphatic heterocycles. The van der Waals surface area contributed by atoms with E-state index in [0.717, 1.165) is 55.5 Å². The maximum atomic E-state index is 12.5. The Labute approximate surface area is 154 Å². The lowest BCUT2D eigenvalue weighted by Gasteiger charge is -2.34. The van der Waals surface area contributed by atoms with Gasteiger partial charge in [0.1, 0.15) is 11.5 Å². The van der Waals surface area contributed by atoms with E-state index in [-0.39, 0.29) is 5.91 Å². The zero-order chi connectivity index (χ0) is 18.5. The van der Waals surface area contributed by atoms with Crippen molar-refractivity contribution in [3.05, 3.63) is 46.8 Å². The van der Waals surface area contributed by atoms with Gasteiger partial charge in [-0.3, -0.25) is 9.69 Å². The number of para-hydroxylation sites is 1. The van der Waals surface area contributed by atoms with Crippen molar-refractivity contribution in [1.82, 2.24) is 15.0 Å². The second-order valence-electron chi connectivity index (χ2n) is 6.77. The van der Waals surface area contributed by atoms with Crippen LogP contribution in [0.15, 0.2) is 28.8 Å². The van der Waals surface area contributed by atoms with Crippen LogP contribution in [0.4, 0.5) is 0 Å². The van der Waals surface area contributed by atoms with Gasteiger partial charge in [0.05, 0.1) is 12.8 Å². The summed E-state index contributed by atoms with van der Waals surface area (Å²) in [5.41, 5.74) is 3.21. The summed E-state index contributed by atoms with van der Waals surface area (Å²) >= 11 is 0. The van der Waals surface area contributed by atoms with E-state index >= 15 is 0 Å². The Balaban J connectivity index is 1.48. The third-order valence-electron chi connectivity index (χ3n) is 5.09. The van der Waals surface area contributed by atoms with Crippen LogP contribution in [0.25, 0.3) is 0 Å². The summed E-state index contributed by atoms with van der Waals surface area (Å²) in [5.74, 6) is 1.95. The van der Waals surface area contributed by atoms with Gasteiger partial charge in [0, 0.05) is 44.7 Å². The van der Waals surface area contributed by atoms with Crippen LogP contribution in [0, 0.1) is 13.8 Å². The van der Waals surface area contributed by atoms with E-state index in [4.69, 9.17) is 9.26 Å². The minimum absolute atomic E-state index is 0.216. The summed E-state index contributed by atoms with van der Waals surface area (Å²) in [4.78, 5) is 16.9. The van der Waals surface area contributed by atoms with Crippen molar-refractivity contribution in [3.63, 3.8) is 0 Å². The van der Waals surface area contributed by atoms with E-state index < -0.39 is 0 Å². The quantitative estimate of drug-likeness (QED) is 0.795. The molecule has 0 bridgehead atoms. The average molecular weight is 357 g/mol. The van der Waals surface area contributed by atoms with Crippen LogP contribution in [0.3, 0.4) is 0 Å². The van der Waals surface area contributed by atoms with E-state index in [0.29, 0.717) is 12.8 Å². The van der Waals surface area contributed by atoms with Crippen molar-refractivity contribution < 1.29 is 14.1 Å². The number of nitrogens with zero attached hydrogens (tertiary/aromatic N) is 3. The average Bonchev–Trinajstić information content (AvgIpc) is 2.99. The highest BCUT2D eigenvalue weighted by Crippen LogP contribution is 2.20. The predicted octanol–water partition coefficient (Wildman–Crippen LogP) is 2.58. The first-order valence-electron chi connectivity index (χ1n) is 9.12. The van der Waals surface area contributed by atoms with Crippen LogP contribution in [0.5, 0.6) is 5.75 Å². The molecule has 1 aliphatic rings. The summed E-state index contributed by atoms with van der Waals surface area (Å²) in [5, 5.41) is 4.02. The van der Waals surface area contributed by atoms with Gasteiger partial charge in [-0.05, 0) is 31.9 Å². The maximum absolute atomic E-state index is 12.5. The molecule has 2 heterocycles. The fraction of sp³-hybridized carbons (Fsp3) is 0.500. The number of aromatic nitrogens is 1. The molecule has 26 heavy (non-hydrogen) atoms. The van der Waals surface area contributed by atoms with Gasteiger partial charge in [-0.2, -0.15) is 0 Å². The Morgan fingerprint density at radius 2 is 1.92 bits per heavy atom. The molecule has 1 aromatic heterocycles. The molecule has 1 aromatic carbocycles. The molecule has 3 rings (SSSR count). The summed E-state index contributed by atoms with van der Waals surface area (Å²) < 4.78 is 10.6. The molecule has 0 unspecified atom stereocenters. The van der Waals surface area contributed by atoms with Crippen molar-refractivity contribution in [2.75, 3.05) is 33.3 Å². The maximum Gasteiger partial charge on any atom is 0.222 e. The van der Waals surface area contributed by atoms with E-state index in [1.54, 1.807) is 7.11 Å². The Kier molecular flexibility index (Phi) is 5.93. The number of amides is 1. The molecule has 0 N–H and O–H groups in total. The number of hydrogen-bond donors (Lipinski definition) is 0. The molecule has 0 saturated carbocycles. The number of aryl methyl sites for hydroxylation is 3. The minimum atomic E-state index is 0.216. The van der Waals surface area contributed by atoms with Crippen LogP contribution in [-0.4, -0.2) is 54.2 Å². The summed E-state index contributed by atoms with van der Waals surface area (Å²) in [6.07, 6.45) is 1.23. The zero-order valence-electron chi connectivity index (χ0n) is 15.8. The van der Waals surface area contributed by atoms with Gasteiger partial charge in [-0.25, -0.2) is 0 Å². The third kappa shape index (κ3) is 4.25. The molecule has 1 amide bonds. The fourth-order valence-electron chi connectivity index (χ4n) is 3.42. The van der Waals surface area contributed by atoms with Crippen LogP contribution < -0.4 is 4.74 Å². The topological polar surface area (TPSA) is 58.8 Å². The van der Waals surface area contributed by atoms with Crippen LogP contribution in [0.2, 0.25) is 0 Å². The highest BCUT2D eigenvalue weighted by Gasteiger charge is 2.22. The normalized spacial score (nSPS) is 15.3. The van der Waals surface area contributed by atoms with Crippen molar-refractivity contribution in [1.29, 1.82) is 0 Å². The number of ether oxygens (including phenoxy) is 1. The first kappa shape index (κ1) is 18.5. The van der Waals surface area contributed by atoms with Crippen LogP contribution in [0.1, 0.15) is 29.0 Å². The monoisotopic (exact) mass is 357 g/mol. The van der Waals surface area contributed by atoms with E-state index in [1.165, 1.54) is 5.56 Å². The highest BCUT2D eigenvalue weighted by atomic mass is 16.5. The van der Waals surface area contributed by atoms with Gasteiger partial charge in [0.15, 0.2) is 0 Å². The molecule has 6 nitrogen and oxygen atoms in total. The van der Waals surface area contributed by atoms with E-state index in [2.05, 4.69) is 10.1 Å².